The normalized spacial score (nSPS) is 31.4. The highest BCUT2D eigenvalue weighted by Crippen LogP contribution is 2.37. The Bertz CT molecular complexity index is 242. The number of carbonyl (C=O) groups excluding carboxylic acids is 2. The Kier molecular flexibility index (Phi) is 2.54. The van der Waals surface area contributed by atoms with Crippen molar-refractivity contribution in [1.82, 2.24) is 4.90 Å². The van der Waals surface area contributed by atoms with Crippen molar-refractivity contribution >= 4 is 11.8 Å². The first kappa shape index (κ1) is 9.65. The zero-order valence-corrected chi connectivity index (χ0v) is 8.11. The molecule has 4 nitrogen and oxygen atoms in total. The lowest BCUT2D eigenvalue weighted by atomic mass is 9.97. The van der Waals surface area contributed by atoms with Gasteiger partial charge < -0.3 is 5.11 Å². The highest BCUT2D eigenvalue weighted by atomic mass is 16.3. The summed E-state index contributed by atoms with van der Waals surface area (Å²) in [7, 11) is 0. The van der Waals surface area contributed by atoms with Crippen LogP contribution in [0.1, 0.15) is 25.7 Å². The van der Waals surface area contributed by atoms with Crippen molar-refractivity contribution in [2.45, 2.75) is 25.7 Å². The van der Waals surface area contributed by atoms with E-state index in [1.807, 2.05) is 0 Å². The molecule has 1 aliphatic heterocycles. The molecule has 2 rings (SSSR count). The third-order valence-electron chi connectivity index (χ3n) is 3.20. The van der Waals surface area contributed by atoms with Gasteiger partial charge in [-0.25, -0.2) is 0 Å². The molecule has 0 radical (unpaired) electrons. The van der Waals surface area contributed by atoms with Crippen LogP contribution in [0, 0.1) is 11.8 Å². The first-order chi connectivity index (χ1) is 6.74. The van der Waals surface area contributed by atoms with E-state index in [-0.39, 0.29) is 30.3 Å². The minimum atomic E-state index is -0.0165. The van der Waals surface area contributed by atoms with Crippen LogP contribution in [0.15, 0.2) is 0 Å². The summed E-state index contributed by atoms with van der Waals surface area (Å²) >= 11 is 0. The van der Waals surface area contributed by atoms with Gasteiger partial charge >= 0.3 is 0 Å². The molecule has 4 heteroatoms. The highest BCUT2D eigenvalue weighted by molar-refractivity contribution is 6.00. The van der Waals surface area contributed by atoms with Gasteiger partial charge in [-0.05, 0) is 25.7 Å². The molecule has 2 aliphatic rings. The van der Waals surface area contributed by atoms with Crippen molar-refractivity contribution in [2.75, 3.05) is 13.2 Å². The summed E-state index contributed by atoms with van der Waals surface area (Å²) in [6.45, 7) is 0.424. The average molecular weight is 197 g/mol. The Morgan fingerprint density at radius 3 is 2.29 bits per heavy atom. The van der Waals surface area contributed by atoms with Crippen molar-refractivity contribution in [3.8, 4) is 0 Å². The van der Waals surface area contributed by atoms with Gasteiger partial charge in [0.2, 0.25) is 11.8 Å². The van der Waals surface area contributed by atoms with Gasteiger partial charge in [-0.15, -0.1) is 0 Å². The van der Waals surface area contributed by atoms with Crippen molar-refractivity contribution < 1.29 is 14.7 Å². The number of hydrogen-bond donors (Lipinski definition) is 1. The van der Waals surface area contributed by atoms with Crippen LogP contribution in [0.5, 0.6) is 0 Å². The minimum absolute atomic E-state index is 0.0165. The van der Waals surface area contributed by atoms with E-state index in [1.165, 1.54) is 4.90 Å². The summed E-state index contributed by atoms with van der Waals surface area (Å²) in [5, 5.41) is 8.67. The second-order valence-electron chi connectivity index (χ2n) is 4.11. The Balaban J connectivity index is 2.07. The predicted octanol–water partition coefficient (Wildman–Crippen LogP) is 0.154. The molecule has 2 unspecified atom stereocenters. The summed E-state index contributed by atoms with van der Waals surface area (Å²) < 4.78 is 0. The van der Waals surface area contributed by atoms with E-state index in [0.29, 0.717) is 13.0 Å². The van der Waals surface area contributed by atoms with E-state index in [1.54, 1.807) is 0 Å². The van der Waals surface area contributed by atoms with Crippen molar-refractivity contribution in [2.24, 2.45) is 11.8 Å². The molecule has 0 aromatic carbocycles. The minimum Gasteiger partial charge on any atom is -0.396 e. The van der Waals surface area contributed by atoms with Gasteiger partial charge in [-0.2, -0.15) is 0 Å². The monoisotopic (exact) mass is 197 g/mol. The average Bonchev–Trinajstić information content (AvgIpc) is 2.62. The summed E-state index contributed by atoms with van der Waals surface area (Å²) in [5.41, 5.74) is 0. The fourth-order valence-electron chi connectivity index (χ4n) is 2.43. The first-order valence-corrected chi connectivity index (χ1v) is 5.20. The number of fused-ring (bicyclic) bond motifs is 2. The standard InChI is InChI=1S/C10H15NO3/c12-5-1-4-11-9(13)7-2-3-8(6-7)10(11)14/h7-8,12H,1-6H2. The molecule has 1 heterocycles. The van der Waals surface area contributed by atoms with E-state index in [2.05, 4.69) is 0 Å². The number of hydrogen-bond acceptors (Lipinski definition) is 3. The van der Waals surface area contributed by atoms with E-state index >= 15 is 0 Å². The molecule has 0 aromatic rings. The number of likely N-dealkylation sites (tertiary alicyclic amines) is 1. The van der Waals surface area contributed by atoms with Crippen LogP contribution in [0.25, 0.3) is 0 Å². The highest BCUT2D eigenvalue weighted by Gasteiger charge is 2.44. The third kappa shape index (κ3) is 1.43. The lowest BCUT2D eigenvalue weighted by molar-refractivity contribution is -0.152. The van der Waals surface area contributed by atoms with Gasteiger partial charge in [0.15, 0.2) is 0 Å². The lowest BCUT2D eigenvalue weighted by Gasteiger charge is -2.29. The maximum absolute atomic E-state index is 11.7. The molecule has 0 spiro atoms. The van der Waals surface area contributed by atoms with Gasteiger partial charge in [0, 0.05) is 25.0 Å². The quantitative estimate of drug-likeness (QED) is 0.655. The second kappa shape index (κ2) is 3.69. The fourth-order valence-corrected chi connectivity index (χ4v) is 2.43. The zero-order chi connectivity index (χ0) is 10.1. The molecule has 1 aliphatic carbocycles. The topological polar surface area (TPSA) is 57.6 Å². The fraction of sp³-hybridized carbons (Fsp3) is 0.800. The Labute approximate surface area is 82.9 Å². The van der Waals surface area contributed by atoms with E-state index in [4.69, 9.17) is 5.11 Å². The molecule has 78 valence electrons. The van der Waals surface area contributed by atoms with Gasteiger partial charge in [0.1, 0.15) is 0 Å². The Morgan fingerprint density at radius 1 is 1.21 bits per heavy atom. The number of carbonyl (C=O) groups is 2. The Hall–Kier alpha value is -0.900. The molecular formula is C10H15NO3. The number of rotatable bonds is 3. The molecular weight excluding hydrogens is 182 g/mol. The predicted molar refractivity (Wildman–Crippen MR) is 49.3 cm³/mol. The number of amides is 2. The number of imide groups is 1. The van der Waals surface area contributed by atoms with Crippen LogP contribution in [0.3, 0.4) is 0 Å². The number of piperidine rings is 1. The van der Waals surface area contributed by atoms with Gasteiger partial charge in [0.05, 0.1) is 0 Å². The SMILES string of the molecule is O=C1C2CCC(C2)C(=O)N1CCCO. The van der Waals surface area contributed by atoms with Crippen molar-refractivity contribution in [1.29, 1.82) is 0 Å². The maximum atomic E-state index is 11.7. The van der Waals surface area contributed by atoms with Crippen molar-refractivity contribution in [3.05, 3.63) is 0 Å². The smallest absolute Gasteiger partial charge is 0.232 e. The third-order valence-corrected chi connectivity index (χ3v) is 3.20. The molecule has 1 saturated carbocycles. The van der Waals surface area contributed by atoms with Crippen LogP contribution in [0.4, 0.5) is 0 Å². The van der Waals surface area contributed by atoms with E-state index in [9.17, 15) is 9.59 Å². The molecule has 2 bridgehead atoms. The summed E-state index contributed by atoms with van der Waals surface area (Å²) in [6.07, 6.45) is 2.99. The second-order valence-corrected chi connectivity index (χ2v) is 4.11. The van der Waals surface area contributed by atoms with E-state index < -0.39 is 0 Å². The number of aliphatic hydroxyl groups excluding tert-OH is 1. The van der Waals surface area contributed by atoms with Crippen LogP contribution in [-0.2, 0) is 9.59 Å². The summed E-state index contributed by atoms with van der Waals surface area (Å²) in [4.78, 5) is 24.8. The zero-order valence-electron chi connectivity index (χ0n) is 8.11. The first-order valence-electron chi connectivity index (χ1n) is 5.20. The van der Waals surface area contributed by atoms with E-state index in [0.717, 1.165) is 19.3 Å². The molecule has 1 N–H and O–H groups in total. The number of nitrogens with zero attached hydrogens (tertiary/aromatic N) is 1. The summed E-state index contributed by atoms with van der Waals surface area (Å²) in [5.74, 6) is 0.127. The lowest BCUT2D eigenvalue weighted by Crippen LogP contribution is -2.46. The van der Waals surface area contributed by atoms with Gasteiger partial charge in [-0.3, -0.25) is 14.5 Å². The molecule has 2 atom stereocenters. The van der Waals surface area contributed by atoms with Crippen LogP contribution < -0.4 is 0 Å². The van der Waals surface area contributed by atoms with Crippen molar-refractivity contribution in [3.63, 3.8) is 0 Å². The molecule has 2 amide bonds. The molecule has 0 aromatic heterocycles. The van der Waals surface area contributed by atoms with Crippen LogP contribution in [-0.4, -0.2) is 35.0 Å². The largest absolute Gasteiger partial charge is 0.396 e. The van der Waals surface area contributed by atoms with Crippen LogP contribution in [0.2, 0.25) is 0 Å². The Morgan fingerprint density at radius 2 is 1.79 bits per heavy atom. The maximum Gasteiger partial charge on any atom is 0.232 e. The molecule has 14 heavy (non-hydrogen) atoms. The van der Waals surface area contributed by atoms with Gasteiger partial charge in [0.25, 0.3) is 0 Å². The molecule has 1 saturated heterocycles. The van der Waals surface area contributed by atoms with Gasteiger partial charge in [-0.1, -0.05) is 0 Å². The summed E-state index contributed by atoms with van der Waals surface area (Å²) in [6, 6.07) is 0. The molecule has 2 fully saturated rings. The van der Waals surface area contributed by atoms with Crippen LogP contribution >= 0.6 is 0 Å². The number of aliphatic hydroxyl groups is 1.